The fraction of sp³-hybridized carbons (Fsp3) is 0.211. The molecular formula is C19H19ClN2O2. The third kappa shape index (κ3) is 3.03. The number of aromatic nitrogens is 1. The molecule has 0 spiro atoms. The molecule has 1 aromatic heterocycles. The smallest absolute Gasteiger partial charge is 0.273 e. The van der Waals surface area contributed by atoms with E-state index in [1.54, 1.807) is 0 Å². The van der Waals surface area contributed by atoms with E-state index in [0.29, 0.717) is 23.9 Å². The molecule has 0 aliphatic heterocycles. The molecular weight excluding hydrogens is 324 g/mol. The van der Waals surface area contributed by atoms with E-state index in [1.165, 1.54) is 0 Å². The molecule has 1 N–H and O–H groups in total. The molecule has 0 saturated heterocycles. The van der Waals surface area contributed by atoms with E-state index in [0.717, 1.165) is 22.2 Å². The molecule has 0 aliphatic carbocycles. The van der Waals surface area contributed by atoms with E-state index >= 15 is 0 Å². The summed E-state index contributed by atoms with van der Waals surface area (Å²) in [4.78, 5) is 12.8. The average molecular weight is 343 g/mol. The maximum Gasteiger partial charge on any atom is 0.273 e. The zero-order chi connectivity index (χ0) is 17.1. The molecule has 0 radical (unpaired) electrons. The Bertz CT molecular complexity index is 847. The molecule has 0 fully saturated rings. The van der Waals surface area contributed by atoms with Crippen molar-refractivity contribution in [3.05, 3.63) is 64.8 Å². The van der Waals surface area contributed by atoms with Crippen LogP contribution in [0.25, 0.3) is 10.9 Å². The SMILES string of the molecule is CCOCc1ccccc1NC(=O)c1c(Cl)c2ccccc2n1C. The minimum absolute atomic E-state index is 0.234. The van der Waals surface area contributed by atoms with Crippen LogP contribution in [0.5, 0.6) is 0 Å². The topological polar surface area (TPSA) is 43.3 Å². The van der Waals surface area contributed by atoms with Gasteiger partial charge in [-0.1, -0.05) is 48.0 Å². The van der Waals surface area contributed by atoms with Gasteiger partial charge < -0.3 is 14.6 Å². The Balaban J connectivity index is 1.94. The number of hydrogen-bond donors (Lipinski definition) is 1. The third-order valence-electron chi connectivity index (χ3n) is 3.99. The Hall–Kier alpha value is -2.30. The fourth-order valence-corrected chi connectivity index (χ4v) is 3.13. The Morgan fingerprint density at radius 3 is 2.62 bits per heavy atom. The quantitative estimate of drug-likeness (QED) is 0.735. The number of fused-ring (bicyclic) bond motifs is 1. The summed E-state index contributed by atoms with van der Waals surface area (Å²) in [5, 5.41) is 4.29. The molecule has 0 atom stereocenters. The van der Waals surface area contributed by atoms with Crippen LogP contribution in [0.2, 0.25) is 5.02 Å². The van der Waals surface area contributed by atoms with Gasteiger partial charge >= 0.3 is 0 Å². The summed E-state index contributed by atoms with van der Waals surface area (Å²) in [5.41, 5.74) is 3.04. The van der Waals surface area contributed by atoms with Gasteiger partial charge in [0, 0.05) is 35.8 Å². The van der Waals surface area contributed by atoms with Crippen LogP contribution in [0.1, 0.15) is 23.0 Å². The fourth-order valence-electron chi connectivity index (χ4n) is 2.76. The van der Waals surface area contributed by atoms with Crippen molar-refractivity contribution in [2.24, 2.45) is 7.05 Å². The lowest BCUT2D eigenvalue weighted by Crippen LogP contribution is -2.17. The van der Waals surface area contributed by atoms with Crippen LogP contribution in [0.3, 0.4) is 0 Å². The first kappa shape index (κ1) is 16.6. The van der Waals surface area contributed by atoms with Gasteiger partial charge in [0.1, 0.15) is 5.69 Å². The summed E-state index contributed by atoms with van der Waals surface area (Å²) in [7, 11) is 1.84. The minimum Gasteiger partial charge on any atom is -0.377 e. The number of carbonyl (C=O) groups excluding carboxylic acids is 1. The van der Waals surface area contributed by atoms with E-state index in [4.69, 9.17) is 16.3 Å². The van der Waals surface area contributed by atoms with Crippen molar-refractivity contribution in [3.8, 4) is 0 Å². The zero-order valence-corrected chi connectivity index (χ0v) is 14.4. The van der Waals surface area contributed by atoms with Crippen LogP contribution in [0.15, 0.2) is 48.5 Å². The first-order valence-corrected chi connectivity index (χ1v) is 8.21. The van der Waals surface area contributed by atoms with Gasteiger partial charge in [-0.05, 0) is 19.1 Å². The second-order valence-corrected chi connectivity index (χ2v) is 5.87. The van der Waals surface area contributed by atoms with Gasteiger partial charge in [0.05, 0.1) is 11.6 Å². The number of halogens is 1. The van der Waals surface area contributed by atoms with Crippen molar-refractivity contribution >= 4 is 34.1 Å². The first-order valence-electron chi connectivity index (χ1n) is 7.83. The molecule has 1 amide bonds. The number of nitrogens with one attached hydrogen (secondary N) is 1. The van der Waals surface area contributed by atoms with Crippen LogP contribution in [-0.4, -0.2) is 17.1 Å². The Labute approximate surface area is 146 Å². The van der Waals surface area contributed by atoms with Gasteiger partial charge in [-0.2, -0.15) is 0 Å². The minimum atomic E-state index is -0.234. The molecule has 0 aliphatic rings. The van der Waals surface area contributed by atoms with Crippen molar-refractivity contribution in [1.29, 1.82) is 0 Å². The van der Waals surface area contributed by atoms with Gasteiger partial charge in [-0.3, -0.25) is 4.79 Å². The molecule has 124 valence electrons. The van der Waals surface area contributed by atoms with Crippen LogP contribution in [0.4, 0.5) is 5.69 Å². The second-order valence-electron chi connectivity index (χ2n) is 5.49. The third-order valence-corrected chi connectivity index (χ3v) is 4.37. The van der Waals surface area contributed by atoms with E-state index < -0.39 is 0 Å². The van der Waals surface area contributed by atoms with E-state index in [-0.39, 0.29) is 5.91 Å². The van der Waals surface area contributed by atoms with Crippen molar-refractivity contribution in [2.45, 2.75) is 13.5 Å². The van der Waals surface area contributed by atoms with Gasteiger partial charge in [-0.15, -0.1) is 0 Å². The largest absolute Gasteiger partial charge is 0.377 e. The van der Waals surface area contributed by atoms with E-state index in [9.17, 15) is 4.79 Å². The highest BCUT2D eigenvalue weighted by Gasteiger charge is 2.20. The number of hydrogen-bond acceptors (Lipinski definition) is 2. The van der Waals surface area contributed by atoms with Crippen molar-refractivity contribution in [2.75, 3.05) is 11.9 Å². The second kappa shape index (κ2) is 7.07. The first-order chi connectivity index (χ1) is 11.6. The molecule has 2 aromatic carbocycles. The number of aryl methyl sites for hydroxylation is 1. The van der Waals surface area contributed by atoms with Gasteiger partial charge in [0.15, 0.2) is 0 Å². The Kier molecular flexibility index (Phi) is 4.88. The number of para-hydroxylation sites is 2. The number of carbonyl (C=O) groups is 1. The summed E-state index contributed by atoms with van der Waals surface area (Å²) in [5.74, 6) is -0.234. The summed E-state index contributed by atoms with van der Waals surface area (Å²) >= 11 is 6.44. The predicted molar refractivity (Wildman–Crippen MR) is 97.7 cm³/mol. The number of amides is 1. The van der Waals surface area contributed by atoms with Gasteiger partial charge in [0.2, 0.25) is 0 Å². The monoisotopic (exact) mass is 342 g/mol. The maximum absolute atomic E-state index is 12.8. The molecule has 0 bridgehead atoms. The van der Waals surface area contributed by atoms with Crippen molar-refractivity contribution in [1.82, 2.24) is 4.57 Å². The summed E-state index contributed by atoms with van der Waals surface area (Å²) < 4.78 is 7.28. The van der Waals surface area contributed by atoms with Crippen LogP contribution >= 0.6 is 11.6 Å². The van der Waals surface area contributed by atoms with Gasteiger partial charge in [0.25, 0.3) is 5.91 Å². The highest BCUT2D eigenvalue weighted by atomic mass is 35.5. The predicted octanol–water partition coefficient (Wildman–Crippen LogP) is 4.62. The number of ether oxygens (including phenoxy) is 1. The molecule has 24 heavy (non-hydrogen) atoms. The molecule has 0 saturated carbocycles. The number of rotatable bonds is 5. The summed E-state index contributed by atoms with van der Waals surface area (Å²) in [6.07, 6.45) is 0. The standard InChI is InChI=1S/C19H19ClN2O2/c1-3-24-12-13-8-4-6-10-15(13)21-19(23)18-17(20)14-9-5-7-11-16(14)22(18)2/h4-11H,3,12H2,1-2H3,(H,21,23). The molecule has 0 unspecified atom stereocenters. The average Bonchev–Trinajstić information content (AvgIpc) is 2.85. The Morgan fingerprint density at radius 2 is 1.88 bits per heavy atom. The Morgan fingerprint density at radius 1 is 1.17 bits per heavy atom. The van der Waals surface area contributed by atoms with Crippen molar-refractivity contribution in [3.63, 3.8) is 0 Å². The number of benzene rings is 2. The number of anilines is 1. The van der Waals surface area contributed by atoms with Crippen LogP contribution < -0.4 is 5.32 Å². The van der Waals surface area contributed by atoms with Crippen LogP contribution in [0, 0.1) is 0 Å². The van der Waals surface area contributed by atoms with Crippen molar-refractivity contribution < 1.29 is 9.53 Å². The molecule has 3 aromatic rings. The summed E-state index contributed by atoms with van der Waals surface area (Å²) in [6.45, 7) is 3.02. The highest BCUT2D eigenvalue weighted by Crippen LogP contribution is 2.30. The lowest BCUT2D eigenvalue weighted by atomic mass is 10.2. The van der Waals surface area contributed by atoms with E-state index in [1.807, 2.05) is 67.1 Å². The van der Waals surface area contributed by atoms with Gasteiger partial charge in [-0.25, -0.2) is 0 Å². The van der Waals surface area contributed by atoms with Crippen LogP contribution in [-0.2, 0) is 18.4 Å². The lowest BCUT2D eigenvalue weighted by molar-refractivity contribution is 0.101. The molecule has 3 rings (SSSR count). The number of nitrogens with zero attached hydrogens (tertiary/aromatic N) is 1. The lowest BCUT2D eigenvalue weighted by Gasteiger charge is -2.12. The zero-order valence-electron chi connectivity index (χ0n) is 13.7. The normalized spacial score (nSPS) is 11.0. The maximum atomic E-state index is 12.8. The molecule has 5 heteroatoms. The summed E-state index contributed by atoms with van der Waals surface area (Å²) in [6, 6.07) is 15.3. The molecule has 4 nitrogen and oxygen atoms in total. The molecule has 1 heterocycles. The van der Waals surface area contributed by atoms with E-state index in [2.05, 4.69) is 5.32 Å². The highest BCUT2D eigenvalue weighted by molar-refractivity contribution is 6.39.